The molecule has 0 spiro atoms. The molecule has 0 aliphatic carbocycles. The van der Waals surface area contributed by atoms with Crippen molar-refractivity contribution in [3.63, 3.8) is 0 Å². The van der Waals surface area contributed by atoms with Crippen LogP contribution < -0.4 is 11.2 Å². The summed E-state index contributed by atoms with van der Waals surface area (Å²) >= 11 is 0. The number of nitrogens with zero attached hydrogens (tertiary/aromatic N) is 4. The monoisotopic (exact) mass is 353 g/mol. The number of ether oxygens (including phenoxy) is 1. The Hall–Kier alpha value is -2.34. The highest BCUT2D eigenvalue weighted by Gasteiger charge is 2.39. The van der Waals surface area contributed by atoms with Gasteiger partial charge < -0.3 is 20.1 Å². The molecule has 1 aliphatic heterocycles. The van der Waals surface area contributed by atoms with Gasteiger partial charge in [0.2, 0.25) is 0 Å². The molecule has 1 fully saturated rings. The molecule has 0 saturated carbocycles. The Morgan fingerprint density at radius 2 is 2.08 bits per heavy atom. The van der Waals surface area contributed by atoms with E-state index in [2.05, 4.69) is 15.3 Å². The van der Waals surface area contributed by atoms with E-state index in [1.807, 2.05) is 0 Å². The number of aliphatic hydroxyl groups is 3. The molecule has 2 aromatic heterocycles. The number of nitrogens with one attached hydrogen (secondary N) is 1. The highest BCUT2D eigenvalue weighted by atomic mass is 16.5. The van der Waals surface area contributed by atoms with E-state index in [1.54, 1.807) is 6.92 Å². The zero-order valence-corrected chi connectivity index (χ0v) is 13.5. The summed E-state index contributed by atoms with van der Waals surface area (Å²) in [5.41, 5.74) is -0.178. The van der Waals surface area contributed by atoms with Crippen LogP contribution in [0.25, 0.3) is 0 Å². The number of aromatic amines is 1. The zero-order chi connectivity index (χ0) is 18.1. The van der Waals surface area contributed by atoms with Gasteiger partial charge in [0.15, 0.2) is 0 Å². The molecule has 0 radical (unpaired) electrons. The van der Waals surface area contributed by atoms with E-state index < -0.39 is 29.6 Å². The molecule has 0 amide bonds. The Bertz CT molecular complexity index is 871. The molecule has 0 aromatic carbocycles. The second-order valence-corrected chi connectivity index (χ2v) is 5.84. The minimum atomic E-state index is -0.724. The first kappa shape index (κ1) is 17.5. The number of rotatable bonds is 5. The van der Waals surface area contributed by atoms with Crippen molar-refractivity contribution in [2.75, 3.05) is 6.61 Å². The van der Waals surface area contributed by atoms with Gasteiger partial charge in [-0.2, -0.15) is 0 Å². The fraction of sp³-hybridized carbons (Fsp3) is 0.571. The van der Waals surface area contributed by atoms with E-state index in [1.165, 1.54) is 15.4 Å². The first-order valence-corrected chi connectivity index (χ1v) is 7.73. The number of hydrogen-bond acceptors (Lipinski definition) is 8. The van der Waals surface area contributed by atoms with Crippen LogP contribution in [0.2, 0.25) is 0 Å². The molecule has 0 bridgehead atoms. The predicted molar refractivity (Wildman–Crippen MR) is 82.6 cm³/mol. The van der Waals surface area contributed by atoms with E-state index in [9.17, 15) is 24.9 Å². The molecule has 3 heterocycles. The topological polar surface area (TPSA) is 155 Å². The van der Waals surface area contributed by atoms with Gasteiger partial charge >= 0.3 is 5.69 Å². The lowest BCUT2D eigenvalue weighted by molar-refractivity contribution is -0.0327. The van der Waals surface area contributed by atoms with Gasteiger partial charge in [0, 0.05) is 18.2 Å². The summed E-state index contributed by atoms with van der Waals surface area (Å²) in [5.74, 6) is 0. The lowest BCUT2D eigenvalue weighted by atomic mass is 10.1. The molecule has 1 aliphatic rings. The predicted octanol–water partition coefficient (Wildman–Crippen LogP) is -2.06. The van der Waals surface area contributed by atoms with Gasteiger partial charge in [0.1, 0.15) is 18.0 Å². The SMILES string of the molecule is Cc1cn(C2CC(n3nnc(CO)c3CO)C(CO)O2)c(=O)[nH]c1=O. The summed E-state index contributed by atoms with van der Waals surface area (Å²) in [5, 5.41) is 36.1. The van der Waals surface area contributed by atoms with Gasteiger partial charge in [-0.05, 0) is 6.92 Å². The highest BCUT2D eigenvalue weighted by molar-refractivity contribution is 5.10. The van der Waals surface area contributed by atoms with Gasteiger partial charge in [0.25, 0.3) is 5.56 Å². The number of aryl methyl sites for hydroxylation is 1. The summed E-state index contributed by atoms with van der Waals surface area (Å²) in [6.07, 6.45) is 0.245. The average Bonchev–Trinajstić information content (AvgIpc) is 3.20. The van der Waals surface area contributed by atoms with E-state index in [4.69, 9.17) is 4.74 Å². The molecule has 2 aromatic rings. The van der Waals surface area contributed by atoms with Crippen molar-refractivity contribution in [3.8, 4) is 0 Å². The Kier molecular flexibility index (Phi) is 4.81. The van der Waals surface area contributed by atoms with E-state index >= 15 is 0 Å². The minimum Gasteiger partial charge on any atom is -0.394 e. The van der Waals surface area contributed by atoms with Crippen LogP contribution in [-0.4, -0.2) is 52.6 Å². The molecule has 11 nitrogen and oxygen atoms in total. The fourth-order valence-corrected chi connectivity index (χ4v) is 3.01. The Morgan fingerprint density at radius 3 is 2.72 bits per heavy atom. The Balaban J connectivity index is 1.96. The van der Waals surface area contributed by atoms with Crippen LogP contribution in [-0.2, 0) is 18.0 Å². The lowest BCUT2D eigenvalue weighted by Crippen LogP contribution is -2.33. The van der Waals surface area contributed by atoms with Crippen molar-refractivity contribution in [3.05, 3.63) is 44.0 Å². The third kappa shape index (κ3) is 3.02. The maximum Gasteiger partial charge on any atom is 0.330 e. The number of H-pyrrole nitrogens is 1. The molecular formula is C14H19N5O6. The largest absolute Gasteiger partial charge is 0.394 e. The fourth-order valence-electron chi connectivity index (χ4n) is 3.01. The zero-order valence-electron chi connectivity index (χ0n) is 13.5. The minimum absolute atomic E-state index is 0.236. The van der Waals surface area contributed by atoms with Crippen LogP contribution in [0, 0.1) is 6.92 Å². The Morgan fingerprint density at radius 1 is 1.32 bits per heavy atom. The van der Waals surface area contributed by atoms with Crippen molar-refractivity contribution in [2.24, 2.45) is 0 Å². The standard InChI is InChI=1S/C14H19N5O6/c1-7-3-18(14(24)15-13(7)23)12-2-9(11(6-22)25-12)19-10(5-21)8(4-20)16-17-19/h3,9,11-12,20-22H,2,4-6H2,1H3,(H,15,23,24). The molecule has 25 heavy (non-hydrogen) atoms. The maximum atomic E-state index is 12.0. The van der Waals surface area contributed by atoms with E-state index in [0.29, 0.717) is 11.3 Å². The Labute approximate surface area is 141 Å². The van der Waals surface area contributed by atoms with Gasteiger partial charge in [0.05, 0.1) is 31.6 Å². The van der Waals surface area contributed by atoms with Crippen molar-refractivity contribution < 1.29 is 20.1 Å². The normalized spacial score (nSPS) is 23.3. The van der Waals surface area contributed by atoms with Crippen LogP contribution in [0.5, 0.6) is 0 Å². The molecule has 11 heteroatoms. The average molecular weight is 353 g/mol. The van der Waals surface area contributed by atoms with E-state index in [0.717, 1.165) is 0 Å². The van der Waals surface area contributed by atoms with Gasteiger partial charge in [-0.25, -0.2) is 9.48 Å². The molecule has 136 valence electrons. The molecule has 3 atom stereocenters. The van der Waals surface area contributed by atoms with E-state index in [-0.39, 0.29) is 31.9 Å². The lowest BCUT2D eigenvalue weighted by Gasteiger charge is -2.17. The molecule has 4 N–H and O–H groups in total. The van der Waals surface area contributed by atoms with Crippen molar-refractivity contribution in [1.29, 1.82) is 0 Å². The highest BCUT2D eigenvalue weighted by Crippen LogP contribution is 2.36. The summed E-state index contributed by atoms with van der Waals surface area (Å²) in [6, 6.07) is -0.496. The van der Waals surface area contributed by atoms with Crippen LogP contribution in [0.4, 0.5) is 0 Å². The first-order valence-electron chi connectivity index (χ1n) is 7.73. The number of hydrogen-bond donors (Lipinski definition) is 4. The van der Waals surface area contributed by atoms with Gasteiger partial charge in [-0.1, -0.05) is 5.21 Å². The second kappa shape index (κ2) is 6.88. The van der Waals surface area contributed by atoms with Crippen LogP contribution in [0.15, 0.2) is 15.8 Å². The summed E-state index contributed by atoms with van der Waals surface area (Å²) in [4.78, 5) is 25.8. The molecule has 1 saturated heterocycles. The molecular weight excluding hydrogens is 334 g/mol. The van der Waals surface area contributed by atoms with Gasteiger partial charge in [-0.15, -0.1) is 5.10 Å². The molecule has 3 unspecified atom stereocenters. The van der Waals surface area contributed by atoms with Crippen LogP contribution >= 0.6 is 0 Å². The van der Waals surface area contributed by atoms with Crippen molar-refractivity contribution in [2.45, 2.75) is 44.9 Å². The number of aliphatic hydroxyl groups excluding tert-OH is 3. The van der Waals surface area contributed by atoms with Gasteiger partial charge in [-0.3, -0.25) is 14.3 Å². The summed E-state index contributed by atoms with van der Waals surface area (Å²) in [6.45, 7) is 0.464. The summed E-state index contributed by atoms with van der Waals surface area (Å²) < 4.78 is 8.39. The number of aromatic nitrogens is 5. The van der Waals surface area contributed by atoms with Crippen molar-refractivity contribution >= 4 is 0 Å². The smallest absolute Gasteiger partial charge is 0.330 e. The molecule has 3 rings (SSSR count). The quantitative estimate of drug-likeness (QED) is 0.478. The second-order valence-electron chi connectivity index (χ2n) is 5.84. The third-order valence-electron chi connectivity index (χ3n) is 4.33. The van der Waals surface area contributed by atoms with Crippen molar-refractivity contribution in [1.82, 2.24) is 24.5 Å². The first-order chi connectivity index (χ1) is 12.0. The van der Waals surface area contributed by atoms with Crippen LogP contribution in [0.3, 0.4) is 0 Å². The summed E-state index contributed by atoms with van der Waals surface area (Å²) in [7, 11) is 0. The third-order valence-corrected chi connectivity index (χ3v) is 4.33. The van der Waals surface area contributed by atoms with Crippen LogP contribution in [0.1, 0.15) is 35.6 Å². The maximum absolute atomic E-state index is 12.0.